The van der Waals surface area contributed by atoms with Gasteiger partial charge in [-0.3, -0.25) is 9.69 Å². The van der Waals surface area contributed by atoms with Gasteiger partial charge in [0.2, 0.25) is 11.8 Å². The van der Waals surface area contributed by atoms with E-state index in [0.717, 1.165) is 29.9 Å². The molecular formula is C26H31N3O5S. The topological polar surface area (TPSA) is 125 Å². The van der Waals surface area contributed by atoms with Crippen molar-refractivity contribution in [2.24, 2.45) is 17.6 Å². The number of amides is 1. The summed E-state index contributed by atoms with van der Waals surface area (Å²) in [5.74, 6) is -0.334. The molecule has 5 rings (SSSR count). The fraction of sp³-hybridized carbons (Fsp3) is 0.462. The van der Waals surface area contributed by atoms with Crippen LogP contribution in [0.25, 0.3) is 10.8 Å². The van der Waals surface area contributed by atoms with Crippen LogP contribution in [-0.4, -0.2) is 57.7 Å². The van der Waals surface area contributed by atoms with Crippen molar-refractivity contribution in [3.05, 3.63) is 58.3 Å². The molecule has 3 aliphatic rings. The summed E-state index contributed by atoms with van der Waals surface area (Å²) in [6, 6.07) is 12.8. The van der Waals surface area contributed by atoms with Gasteiger partial charge >= 0.3 is 6.16 Å². The van der Waals surface area contributed by atoms with E-state index in [0.29, 0.717) is 19.0 Å². The number of carbonyl (C=O) groups excluding carboxylic acids is 1. The maximum Gasteiger partial charge on any atom is 0.512 e. The maximum atomic E-state index is 12.6. The molecule has 2 aromatic rings. The number of aliphatic hydroxyl groups is 1. The molecule has 186 valence electrons. The Kier molecular flexibility index (Phi) is 6.76. The second kappa shape index (κ2) is 9.81. The van der Waals surface area contributed by atoms with E-state index < -0.39 is 6.16 Å². The van der Waals surface area contributed by atoms with Crippen molar-refractivity contribution in [3.8, 4) is 0 Å². The zero-order chi connectivity index (χ0) is 24.7. The number of benzene rings is 2. The number of carbonyl (C=O) groups is 2. The fourth-order valence-electron chi connectivity index (χ4n) is 5.87. The summed E-state index contributed by atoms with van der Waals surface area (Å²) >= 11 is 1.62. The summed E-state index contributed by atoms with van der Waals surface area (Å²) in [5, 5.41) is 24.9. The minimum atomic E-state index is -1.42. The molecule has 0 unspecified atom stereocenters. The first-order valence-corrected chi connectivity index (χ1v) is 13.0. The van der Waals surface area contributed by atoms with Crippen molar-refractivity contribution < 1.29 is 24.5 Å². The van der Waals surface area contributed by atoms with Crippen LogP contribution in [0.1, 0.15) is 30.9 Å². The standard InChI is InChI=1S/C26H31N3O5S/c1-14-22-21(8-9-30)24(31)29(22)25(34-26(32)33)23(14)35-18-11-17(28-13-18)10-15-6-7-16(12-27)20-5-3-2-4-19(15)20/h2-7,14,17-18,21-22,28,30H,8-13,27H2,1H3,(H,32,33)/t14-,17+,18+,21+,22-/m1/s1. The van der Waals surface area contributed by atoms with Crippen molar-refractivity contribution in [2.75, 3.05) is 13.2 Å². The summed E-state index contributed by atoms with van der Waals surface area (Å²) in [4.78, 5) is 26.3. The molecule has 2 aromatic carbocycles. The van der Waals surface area contributed by atoms with Crippen molar-refractivity contribution in [1.82, 2.24) is 10.2 Å². The van der Waals surface area contributed by atoms with E-state index in [1.54, 1.807) is 11.8 Å². The smallest absolute Gasteiger partial charge is 0.449 e. The molecule has 2 fully saturated rings. The predicted octanol–water partition coefficient (Wildman–Crippen LogP) is 3.03. The van der Waals surface area contributed by atoms with Crippen LogP contribution < -0.4 is 11.1 Å². The number of nitrogens with two attached hydrogens (primary N) is 1. The first-order chi connectivity index (χ1) is 16.9. The Bertz CT molecular complexity index is 1180. The van der Waals surface area contributed by atoms with E-state index in [-0.39, 0.29) is 41.5 Å². The number of fused-ring (bicyclic) bond motifs is 2. The molecule has 0 spiro atoms. The minimum absolute atomic E-state index is 0.0320. The van der Waals surface area contributed by atoms with Gasteiger partial charge in [0.1, 0.15) is 0 Å². The van der Waals surface area contributed by atoms with Gasteiger partial charge in [-0.25, -0.2) is 4.79 Å². The second-order valence-corrected chi connectivity index (χ2v) is 10.9. The van der Waals surface area contributed by atoms with Gasteiger partial charge in [0.05, 0.1) is 16.9 Å². The maximum absolute atomic E-state index is 12.6. The molecule has 9 heteroatoms. The SMILES string of the molecule is C[C@H]1C(S[C@@H]2CN[C@@H](Cc3ccc(CN)c4ccccc34)C2)=C(OC(=O)O)N2C(=O)[C@@H](CCO)[C@@H]12. The minimum Gasteiger partial charge on any atom is -0.449 e. The molecule has 8 nitrogen and oxygen atoms in total. The summed E-state index contributed by atoms with van der Waals surface area (Å²) < 4.78 is 5.12. The van der Waals surface area contributed by atoms with Gasteiger partial charge in [-0.05, 0) is 41.2 Å². The second-order valence-electron chi connectivity index (χ2n) is 9.56. The average molecular weight is 498 g/mol. The molecule has 1 amide bonds. The normalized spacial score (nSPS) is 27.9. The average Bonchev–Trinajstić information content (AvgIpc) is 3.38. The Morgan fingerprint density at radius 1 is 1.23 bits per heavy atom. The lowest BCUT2D eigenvalue weighted by Crippen LogP contribution is -2.60. The lowest BCUT2D eigenvalue weighted by atomic mass is 9.80. The number of thioether (sulfide) groups is 1. The van der Waals surface area contributed by atoms with Crippen LogP contribution in [-0.2, 0) is 22.5 Å². The number of rotatable bonds is 8. The highest BCUT2D eigenvalue weighted by Gasteiger charge is 2.58. The highest BCUT2D eigenvalue weighted by atomic mass is 32.2. The molecule has 5 N–H and O–H groups in total. The van der Waals surface area contributed by atoms with Gasteiger partial charge in [-0.15, -0.1) is 11.8 Å². The number of ether oxygens (including phenoxy) is 1. The quantitative estimate of drug-likeness (QED) is 0.324. The van der Waals surface area contributed by atoms with E-state index in [2.05, 4.69) is 35.6 Å². The predicted molar refractivity (Wildman–Crippen MR) is 134 cm³/mol. The lowest BCUT2D eigenvalue weighted by Gasteiger charge is -2.44. The largest absolute Gasteiger partial charge is 0.512 e. The molecule has 5 atom stereocenters. The van der Waals surface area contributed by atoms with Gasteiger partial charge in [-0.1, -0.05) is 43.3 Å². The van der Waals surface area contributed by atoms with Crippen molar-refractivity contribution in [1.29, 1.82) is 0 Å². The van der Waals surface area contributed by atoms with Crippen LogP contribution in [0.2, 0.25) is 0 Å². The van der Waals surface area contributed by atoms with Crippen LogP contribution in [0.4, 0.5) is 4.79 Å². The highest BCUT2D eigenvalue weighted by molar-refractivity contribution is 8.03. The highest BCUT2D eigenvalue weighted by Crippen LogP contribution is 2.52. The van der Waals surface area contributed by atoms with E-state index in [4.69, 9.17) is 10.5 Å². The Balaban J connectivity index is 1.31. The number of nitrogens with one attached hydrogen (secondary N) is 1. The lowest BCUT2D eigenvalue weighted by molar-refractivity contribution is -0.156. The van der Waals surface area contributed by atoms with Crippen molar-refractivity contribution >= 4 is 34.6 Å². The summed E-state index contributed by atoms with van der Waals surface area (Å²) in [5.41, 5.74) is 8.36. The molecule has 0 radical (unpaired) electrons. The number of aliphatic hydroxyl groups excluding tert-OH is 1. The van der Waals surface area contributed by atoms with Crippen LogP contribution in [0.3, 0.4) is 0 Å². The Morgan fingerprint density at radius 3 is 2.63 bits per heavy atom. The van der Waals surface area contributed by atoms with Crippen LogP contribution >= 0.6 is 11.8 Å². The van der Waals surface area contributed by atoms with Crippen LogP contribution in [0.5, 0.6) is 0 Å². The zero-order valence-corrected chi connectivity index (χ0v) is 20.5. The monoisotopic (exact) mass is 497 g/mol. The van der Waals surface area contributed by atoms with Crippen molar-refractivity contribution in [3.63, 3.8) is 0 Å². The molecule has 0 saturated carbocycles. The van der Waals surface area contributed by atoms with Gasteiger partial charge < -0.3 is 26.0 Å². The van der Waals surface area contributed by atoms with E-state index >= 15 is 0 Å². The fourth-order valence-corrected chi connectivity index (χ4v) is 7.33. The molecular weight excluding hydrogens is 466 g/mol. The number of hydrogen-bond acceptors (Lipinski definition) is 7. The zero-order valence-electron chi connectivity index (χ0n) is 19.6. The molecule has 0 bridgehead atoms. The van der Waals surface area contributed by atoms with Crippen LogP contribution in [0, 0.1) is 11.8 Å². The first-order valence-electron chi connectivity index (χ1n) is 12.1. The van der Waals surface area contributed by atoms with E-state index in [1.165, 1.54) is 21.2 Å². The molecule has 2 saturated heterocycles. The van der Waals surface area contributed by atoms with Crippen LogP contribution in [0.15, 0.2) is 47.2 Å². The van der Waals surface area contributed by atoms with E-state index in [1.807, 2.05) is 13.0 Å². The van der Waals surface area contributed by atoms with Gasteiger partial charge in [0, 0.05) is 36.9 Å². The molecule has 0 aliphatic carbocycles. The third kappa shape index (κ3) is 4.31. The summed E-state index contributed by atoms with van der Waals surface area (Å²) in [6.07, 6.45) is 0.778. The third-order valence-corrected chi connectivity index (χ3v) is 9.00. The molecule has 0 aromatic heterocycles. The Morgan fingerprint density at radius 2 is 1.94 bits per heavy atom. The molecule has 3 aliphatic heterocycles. The van der Waals surface area contributed by atoms with Gasteiger partial charge in [0.15, 0.2) is 0 Å². The number of nitrogens with zero attached hydrogens (tertiary/aromatic N) is 1. The first kappa shape index (κ1) is 24.1. The Hall–Kier alpha value is -2.59. The Labute approximate surface area is 208 Å². The molecule has 35 heavy (non-hydrogen) atoms. The number of hydrogen-bond donors (Lipinski definition) is 4. The number of β-lactam (4-membered cyclic amide) rings is 1. The van der Waals surface area contributed by atoms with Gasteiger partial charge in [-0.2, -0.15) is 0 Å². The van der Waals surface area contributed by atoms with Crippen molar-refractivity contribution in [2.45, 2.75) is 50.1 Å². The van der Waals surface area contributed by atoms with E-state index in [9.17, 15) is 19.8 Å². The van der Waals surface area contributed by atoms with Gasteiger partial charge in [0.25, 0.3) is 0 Å². The summed E-state index contributed by atoms with van der Waals surface area (Å²) in [6.45, 7) is 3.25. The molecule has 3 heterocycles. The summed E-state index contributed by atoms with van der Waals surface area (Å²) in [7, 11) is 0. The third-order valence-electron chi connectivity index (χ3n) is 7.51. The number of carboxylic acid groups (broad SMARTS) is 1.